The normalized spacial score (nSPS) is 22.3. The third kappa shape index (κ3) is 6.94. The third-order valence-corrected chi connectivity index (χ3v) is 9.40. The van der Waals surface area contributed by atoms with E-state index >= 15 is 0 Å². The Kier molecular flexibility index (Phi) is 9.77. The second-order valence-corrected chi connectivity index (χ2v) is 12.2. The Bertz CT molecular complexity index is 1240. The molecule has 226 valence electrons. The van der Waals surface area contributed by atoms with Crippen LogP contribution in [0.1, 0.15) is 109 Å². The van der Waals surface area contributed by atoms with Gasteiger partial charge in [-0.15, -0.1) is 0 Å². The summed E-state index contributed by atoms with van der Waals surface area (Å²) in [5, 5.41) is 6.64. The Labute approximate surface area is 249 Å². The summed E-state index contributed by atoms with van der Waals surface area (Å²) in [5.41, 5.74) is 7.81. The Morgan fingerprint density at radius 2 is 1.67 bits per heavy atom. The lowest BCUT2D eigenvalue weighted by atomic mass is 9.96. The highest BCUT2D eigenvalue weighted by molar-refractivity contribution is 6.02. The number of aromatic nitrogens is 1. The van der Waals surface area contributed by atoms with Crippen molar-refractivity contribution in [3.8, 4) is 0 Å². The first kappa shape index (κ1) is 30.0. The number of carbonyl (C=O) groups excluding carboxylic acids is 3. The number of hydrogen-bond donors (Lipinski definition) is 3. The molecule has 1 aromatic heterocycles. The fourth-order valence-electron chi connectivity index (χ4n) is 6.96. The van der Waals surface area contributed by atoms with E-state index in [4.69, 9.17) is 10.7 Å². The van der Waals surface area contributed by atoms with Crippen LogP contribution in [0.2, 0.25) is 0 Å². The van der Waals surface area contributed by atoms with Crippen LogP contribution in [0, 0.1) is 0 Å². The number of rotatable bonds is 12. The molecule has 1 aromatic carbocycles. The number of fused-ring (bicyclic) bond motifs is 2. The molecule has 42 heavy (non-hydrogen) atoms. The number of benzene rings is 1. The lowest BCUT2D eigenvalue weighted by Gasteiger charge is -2.40. The third-order valence-electron chi connectivity index (χ3n) is 9.40. The number of primary amides is 1. The monoisotopic (exact) mass is 574 g/mol. The molecule has 9 nitrogen and oxygen atoms in total. The van der Waals surface area contributed by atoms with Crippen molar-refractivity contribution in [2.24, 2.45) is 5.73 Å². The van der Waals surface area contributed by atoms with Crippen LogP contribution in [0.5, 0.6) is 0 Å². The fraction of sp³-hybridized carbons (Fsp3) is 0.576. The molecule has 2 bridgehead atoms. The first-order valence-corrected chi connectivity index (χ1v) is 15.9. The second kappa shape index (κ2) is 13.7. The van der Waals surface area contributed by atoms with Crippen LogP contribution >= 0.6 is 0 Å². The van der Waals surface area contributed by atoms with Gasteiger partial charge in [0.1, 0.15) is 5.82 Å². The molecule has 0 aliphatic carbocycles. The molecular formula is C33H46N6O3. The molecule has 3 aliphatic rings. The standard InChI is InChI=1S/C33H46N6O3/c1-3-24(4-2)36-29-18-22(8-12-28(29)32(34)41)33(42)37-25-19-26-10-11-27(20-25)39(26)31-13-9-23(21-35-31)30(40)14-17-38-15-6-5-7-16-38/h8-9,12-13,18,21,24-27,36H,3-7,10-11,14-17,19-20H2,1-2H3,(H2,34,41)(H,37,42)/t25?,26-,27+. The highest BCUT2D eigenvalue weighted by Crippen LogP contribution is 2.38. The maximum absolute atomic E-state index is 13.3. The molecule has 4 N–H and O–H groups in total. The molecular weight excluding hydrogens is 528 g/mol. The van der Waals surface area contributed by atoms with Gasteiger partial charge in [0.25, 0.3) is 11.8 Å². The summed E-state index contributed by atoms with van der Waals surface area (Å²) in [6, 6.07) is 9.84. The average molecular weight is 575 g/mol. The van der Waals surface area contributed by atoms with E-state index in [2.05, 4.69) is 34.3 Å². The van der Waals surface area contributed by atoms with Crippen LogP contribution in [-0.4, -0.2) is 71.3 Å². The lowest BCUT2D eigenvalue weighted by Crippen LogP contribution is -2.50. The number of Topliss-reactive ketones (excluding diaryl/α,β-unsaturated/α-hetero) is 1. The Morgan fingerprint density at radius 3 is 2.29 bits per heavy atom. The molecule has 2 aromatic rings. The maximum atomic E-state index is 13.3. The fourth-order valence-corrected chi connectivity index (χ4v) is 6.96. The molecule has 1 unspecified atom stereocenters. The van der Waals surface area contributed by atoms with Crippen molar-refractivity contribution in [2.45, 2.75) is 102 Å². The van der Waals surface area contributed by atoms with Crippen LogP contribution in [-0.2, 0) is 0 Å². The summed E-state index contributed by atoms with van der Waals surface area (Å²) >= 11 is 0. The zero-order chi connectivity index (χ0) is 29.6. The Morgan fingerprint density at radius 1 is 0.976 bits per heavy atom. The minimum absolute atomic E-state index is 0.0631. The quantitative estimate of drug-likeness (QED) is 0.312. The maximum Gasteiger partial charge on any atom is 0.251 e. The van der Waals surface area contributed by atoms with Crippen molar-refractivity contribution < 1.29 is 14.4 Å². The topological polar surface area (TPSA) is 121 Å². The molecule has 4 heterocycles. The van der Waals surface area contributed by atoms with E-state index in [1.54, 1.807) is 24.4 Å². The molecule has 3 fully saturated rings. The van der Waals surface area contributed by atoms with Gasteiger partial charge in [0.2, 0.25) is 0 Å². The van der Waals surface area contributed by atoms with Crippen LogP contribution in [0.15, 0.2) is 36.5 Å². The minimum Gasteiger partial charge on any atom is -0.382 e. The van der Waals surface area contributed by atoms with Crippen molar-refractivity contribution in [2.75, 3.05) is 29.9 Å². The van der Waals surface area contributed by atoms with Crippen molar-refractivity contribution in [3.63, 3.8) is 0 Å². The SMILES string of the molecule is CCC(CC)Nc1cc(C(=O)NC2C[C@H]3CC[C@@H](C2)N3c2ccc(C(=O)CCN3CCCCC3)cn2)ccc1C(N)=O. The smallest absolute Gasteiger partial charge is 0.251 e. The molecule has 3 saturated heterocycles. The summed E-state index contributed by atoms with van der Waals surface area (Å²) < 4.78 is 0. The zero-order valence-corrected chi connectivity index (χ0v) is 25.1. The lowest BCUT2D eigenvalue weighted by molar-refractivity contribution is 0.0924. The number of piperidine rings is 2. The number of anilines is 2. The van der Waals surface area contributed by atoms with E-state index in [1.165, 1.54) is 19.3 Å². The number of nitrogens with two attached hydrogens (primary N) is 1. The number of ketones is 1. The van der Waals surface area contributed by atoms with Gasteiger partial charge in [-0.25, -0.2) is 4.98 Å². The number of pyridine rings is 1. The zero-order valence-electron chi connectivity index (χ0n) is 25.1. The van der Waals surface area contributed by atoms with E-state index in [-0.39, 0.29) is 23.8 Å². The second-order valence-electron chi connectivity index (χ2n) is 12.2. The first-order valence-electron chi connectivity index (χ1n) is 15.9. The number of hydrogen-bond acceptors (Lipinski definition) is 7. The number of carbonyl (C=O) groups is 3. The van der Waals surface area contributed by atoms with Crippen molar-refractivity contribution in [1.82, 2.24) is 15.2 Å². The van der Waals surface area contributed by atoms with Gasteiger partial charge in [0, 0.05) is 60.1 Å². The molecule has 3 atom stereocenters. The molecule has 5 rings (SSSR count). The van der Waals surface area contributed by atoms with Gasteiger partial charge in [-0.3, -0.25) is 14.4 Å². The summed E-state index contributed by atoms with van der Waals surface area (Å²) in [6.45, 7) is 7.20. The number of nitrogens with one attached hydrogen (secondary N) is 2. The van der Waals surface area contributed by atoms with Crippen LogP contribution in [0.3, 0.4) is 0 Å². The van der Waals surface area contributed by atoms with E-state index in [0.717, 1.165) is 64.0 Å². The van der Waals surface area contributed by atoms with E-state index in [9.17, 15) is 14.4 Å². The predicted molar refractivity (Wildman–Crippen MR) is 166 cm³/mol. The highest BCUT2D eigenvalue weighted by Gasteiger charge is 2.42. The summed E-state index contributed by atoms with van der Waals surface area (Å²) in [5.74, 6) is 0.426. The average Bonchev–Trinajstić information content (AvgIpc) is 3.28. The van der Waals surface area contributed by atoms with Crippen LogP contribution < -0.4 is 21.3 Å². The van der Waals surface area contributed by atoms with Gasteiger partial charge in [0.15, 0.2) is 5.78 Å². The van der Waals surface area contributed by atoms with Crippen LogP contribution in [0.25, 0.3) is 0 Å². The summed E-state index contributed by atoms with van der Waals surface area (Å²) in [6.07, 6.45) is 11.7. The number of nitrogens with zero attached hydrogens (tertiary/aromatic N) is 3. The van der Waals surface area contributed by atoms with E-state index in [0.29, 0.717) is 40.9 Å². The number of likely N-dealkylation sites (tertiary alicyclic amines) is 1. The van der Waals surface area contributed by atoms with Gasteiger partial charge in [-0.2, -0.15) is 0 Å². The summed E-state index contributed by atoms with van der Waals surface area (Å²) in [4.78, 5) is 47.6. The number of amides is 2. The minimum atomic E-state index is -0.511. The Hall–Kier alpha value is -3.46. The van der Waals surface area contributed by atoms with Crippen molar-refractivity contribution >= 4 is 29.1 Å². The molecule has 0 saturated carbocycles. The summed E-state index contributed by atoms with van der Waals surface area (Å²) in [7, 11) is 0. The van der Waals surface area contributed by atoms with Gasteiger partial charge in [-0.05, 0) is 94.8 Å². The molecule has 0 radical (unpaired) electrons. The van der Waals surface area contributed by atoms with Gasteiger partial charge in [0.05, 0.1) is 5.56 Å². The largest absolute Gasteiger partial charge is 0.382 e. The Balaban J connectivity index is 1.18. The molecule has 9 heteroatoms. The van der Waals surface area contributed by atoms with Gasteiger partial charge in [-0.1, -0.05) is 20.3 Å². The van der Waals surface area contributed by atoms with Gasteiger partial charge >= 0.3 is 0 Å². The first-order chi connectivity index (χ1) is 20.4. The van der Waals surface area contributed by atoms with Crippen molar-refractivity contribution in [3.05, 3.63) is 53.2 Å². The highest BCUT2D eigenvalue weighted by atomic mass is 16.2. The molecule has 2 amide bonds. The van der Waals surface area contributed by atoms with Gasteiger partial charge < -0.3 is 26.2 Å². The molecule has 3 aliphatic heterocycles. The van der Waals surface area contributed by atoms with E-state index < -0.39 is 5.91 Å². The predicted octanol–water partition coefficient (Wildman–Crippen LogP) is 4.77. The molecule has 0 spiro atoms. The van der Waals surface area contributed by atoms with Crippen molar-refractivity contribution in [1.29, 1.82) is 0 Å². The van der Waals surface area contributed by atoms with E-state index in [1.807, 2.05) is 12.1 Å². The van der Waals surface area contributed by atoms with Crippen LogP contribution in [0.4, 0.5) is 11.5 Å².